The van der Waals surface area contributed by atoms with Gasteiger partial charge >= 0.3 is 11.9 Å². The zero-order chi connectivity index (χ0) is 25.7. The Kier molecular flexibility index (Phi) is 12.7. The Morgan fingerprint density at radius 2 is 1.54 bits per heavy atom. The third-order valence-electron chi connectivity index (χ3n) is 7.23. The standard InChI is InChI=1S/C26H44N2O5S2/c1-3-5-6-7-8-9-10-11-12-15-20-27-35(32,33)23-17-16-22(34-23)21-28(24(29)25(30)31)26(4-2)18-13-14-19-26/h16-17,27H,3-15,18-21H2,1-2H3,(H,30,31). The largest absolute Gasteiger partial charge is 0.474 e. The van der Waals surface area contributed by atoms with Crippen LogP contribution in [0.25, 0.3) is 0 Å². The summed E-state index contributed by atoms with van der Waals surface area (Å²) < 4.78 is 28.4. The molecule has 1 aromatic heterocycles. The fourth-order valence-corrected chi connectivity index (χ4v) is 7.51. The number of unbranched alkanes of at least 4 members (excludes halogenated alkanes) is 9. The minimum atomic E-state index is -3.61. The summed E-state index contributed by atoms with van der Waals surface area (Å²) in [4.78, 5) is 26.2. The number of hydrogen-bond acceptors (Lipinski definition) is 5. The van der Waals surface area contributed by atoms with Crippen LogP contribution in [0.2, 0.25) is 0 Å². The zero-order valence-electron chi connectivity index (χ0n) is 21.5. The summed E-state index contributed by atoms with van der Waals surface area (Å²) in [7, 11) is -3.61. The normalized spacial score (nSPS) is 15.4. The highest BCUT2D eigenvalue weighted by Gasteiger charge is 2.42. The highest BCUT2D eigenvalue weighted by molar-refractivity contribution is 7.91. The molecule has 0 atom stereocenters. The van der Waals surface area contributed by atoms with Gasteiger partial charge in [-0.15, -0.1) is 11.3 Å². The monoisotopic (exact) mass is 528 g/mol. The molecule has 0 aromatic carbocycles. The van der Waals surface area contributed by atoms with Crippen LogP contribution in [0.15, 0.2) is 16.3 Å². The van der Waals surface area contributed by atoms with Crippen LogP contribution in [-0.4, -0.2) is 42.4 Å². The van der Waals surface area contributed by atoms with Crippen LogP contribution in [0.1, 0.15) is 115 Å². The summed E-state index contributed by atoms with van der Waals surface area (Å²) in [6.45, 7) is 4.74. The Bertz CT molecular complexity index is 891. The predicted molar refractivity (Wildman–Crippen MR) is 141 cm³/mol. The molecule has 1 aliphatic rings. The maximum absolute atomic E-state index is 12.7. The van der Waals surface area contributed by atoms with Gasteiger partial charge in [0.25, 0.3) is 0 Å². The van der Waals surface area contributed by atoms with Gasteiger partial charge in [-0.1, -0.05) is 84.5 Å². The highest BCUT2D eigenvalue weighted by Crippen LogP contribution is 2.39. The van der Waals surface area contributed by atoms with Crippen LogP contribution < -0.4 is 4.72 Å². The van der Waals surface area contributed by atoms with E-state index in [1.54, 1.807) is 12.1 Å². The highest BCUT2D eigenvalue weighted by atomic mass is 32.2. The molecule has 0 saturated heterocycles. The van der Waals surface area contributed by atoms with Crippen LogP contribution in [0.4, 0.5) is 0 Å². The molecule has 9 heteroatoms. The van der Waals surface area contributed by atoms with Crippen molar-refractivity contribution in [2.24, 2.45) is 0 Å². The van der Waals surface area contributed by atoms with Gasteiger partial charge in [-0.3, -0.25) is 4.79 Å². The third-order valence-corrected chi connectivity index (χ3v) is 10.3. The first-order valence-corrected chi connectivity index (χ1v) is 15.7. The van der Waals surface area contributed by atoms with Gasteiger partial charge in [-0.05, 0) is 37.8 Å². The number of sulfonamides is 1. The summed E-state index contributed by atoms with van der Waals surface area (Å²) in [5, 5.41) is 9.37. The predicted octanol–water partition coefficient (Wildman–Crippen LogP) is 6.08. The van der Waals surface area contributed by atoms with E-state index in [0.29, 0.717) is 17.8 Å². The van der Waals surface area contributed by atoms with Crippen molar-refractivity contribution in [2.45, 2.75) is 126 Å². The summed E-state index contributed by atoms with van der Waals surface area (Å²) >= 11 is 1.11. The molecule has 1 heterocycles. The number of aliphatic carboxylic acids is 1. The average molecular weight is 529 g/mol. The number of carboxylic acids is 1. The number of amides is 1. The Labute approximate surface area is 215 Å². The van der Waals surface area contributed by atoms with Gasteiger partial charge in [0.2, 0.25) is 10.0 Å². The van der Waals surface area contributed by atoms with Crippen LogP contribution in [-0.2, 0) is 26.2 Å². The van der Waals surface area contributed by atoms with Gasteiger partial charge in [0, 0.05) is 17.0 Å². The summed E-state index contributed by atoms with van der Waals surface area (Å²) in [6, 6.07) is 3.25. The lowest BCUT2D eigenvalue weighted by Crippen LogP contribution is -2.51. The number of carbonyl (C=O) groups excluding carboxylic acids is 1. The van der Waals surface area contributed by atoms with Gasteiger partial charge in [-0.25, -0.2) is 17.9 Å². The molecule has 1 fully saturated rings. The molecule has 1 aliphatic carbocycles. The molecular weight excluding hydrogens is 484 g/mol. The van der Waals surface area contributed by atoms with Crippen molar-refractivity contribution in [3.05, 3.63) is 17.0 Å². The van der Waals surface area contributed by atoms with E-state index >= 15 is 0 Å². The second-order valence-corrected chi connectivity index (χ2v) is 12.9. The lowest BCUT2D eigenvalue weighted by molar-refractivity contribution is -0.160. The lowest BCUT2D eigenvalue weighted by atomic mass is 9.91. The van der Waals surface area contributed by atoms with Crippen LogP contribution in [0.3, 0.4) is 0 Å². The molecule has 0 radical (unpaired) electrons. The fourth-order valence-electron chi connectivity index (χ4n) is 5.05. The van der Waals surface area contributed by atoms with Crippen LogP contribution in [0.5, 0.6) is 0 Å². The third kappa shape index (κ3) is 9.17. The van der Waals surface area contributed by atoms with E-state index in [0.717, 1.165) is 56.3 Å². The zero-order valence-corrected chi connectivity index (χ0v) is 23.2. The molecule has 2 rings (SSSR count). The summed E-state index contributed by atoms with van der Waals surface area (Å²) in [5.74, 6) is -2.38. The summed E-state index contributed by atoms with van der Waals surface area (Å²) in [5.41, 5.74) is -0.466. The first kappa shape index (κ1) is 29.8. The van der Waals surface area contributed by atoms with Gasteiger partial charge in [0.1, 0.15) is 4.21 Å². The lowest BCUT2D eigenvalue weighted by Gasteiger charge is -2.39. The van der Waals surface area contributed by atoms with Gasteiger partial charge in [-0.2, -0.15) is 0 Å². The molecule has 0 aliphatic heterocycles. The maximum Gasteiger partial charge on any atom is 0.394 e. The molecular formula is C26H44N2O5S2. The van der Waals surface area contributed by atoms with Gasteiger partial charge < -0.3 is 10.0 Å². The van der Waals surface area contributed by atoms with Gasteiger partial charge in [0.15, 0.2) is 0 Å². The number of thiophene rings is 1. The molecule has 1 saturated carbocycles. The number of hydrogen-bond donors (Lipinski definition) is 2. The number of rotatable bonds is 17. The maximum atomic E-state index is 12.7. The SMILES string of the molecule is CCCCCCCCCCCCNS(=O)(=O)c1ccc(CN(C(=O)C(=O)O)C2(CC)CCCC2)s1. The molecule has 0 unspecified atom stereocenters. The second-order valence-electron chi connectivity index (χ2n) is 9.78. The Hall–Kier alpha value is -1.45. The van der Waals surface area contributed by atoms with E-state index in [-0.39, 0.29) is 10.8 Å². The summed E-state index contributed by atoms with van der Waals surface area (Å²) in [6.07, 6.45) is 16.1. The molecule has 200 valence electrons. The van der Waals surface area contributed by atoms with E-state index in [9.17, 15) is 23.1 Å². The number of carbonyl (C=O) groups is 2. The van der Waals surface area contributed by atoms with E-state index in [4.69, 9.17) is 0 Å². The molecule has 1 amide bonds. The fraction of sp³-hybridized carbons (Fsp3) is 0.769. The number of carboxylic acid groups (broad SMARTS) is 1. The first-order chi connectivity index (χ1) is 16.8. The minimum Gasteiger partial charge on any atom is -0.474 e. The molecule has 35 heavy (non-hydrogen) atoms. The van der Waals surface area contributed by atoms with E-state index in [1.807, 2.05) is 6.92 Å². The van der Waals surface area contributed by atoms with Crippen LogP contribution in [0, 0.1) is 0 Å². The van der Waals surface area contributed by atoms with Crippen molar-refractivity contribution in [2.75, 3.05) is 6.54 Å². The molecule has 2 N–H and O–H groups in total. The van der Waals surface area contributed by atoms with Crippen molar-refractivity contribution in [3.63, 3.8) is 0 Å². The van der Waals surface area contributed by atoms with E-state index < -0.39 is 27.4 Å². The van der Waals surface area contributed by atoms with Crippen LogP contribution >= 0.6 is 11.3 Å². The Morgan fingerprint density at radius 3 is 2.09 bits per heavy atom. The van der Waals surface area contributed by atoms with Crippen molar-refractivity contribution < 1.29 is 23.1 Å². The smallest absolute Gasteiger partial charge is 0.394 e. The van der Waals surface area contributed by atoms with Crippen molar-refractivity contribution in [3.8, 4) is 0 Å². The second kappa shape index (κ2) is 15.0. The van der Waals surface area contributed by atoms with Crippen molar-refractivity contribution in [1.82, 2.24) is 9.62 Å². The van der Waals surface area contributed by atoms with E-state index in [1.165, 1.54) is 49.8 Å². The van der Waals surface area contributed by atoms with Crippen molar-refractivity contribution in [1.29, 1.82) is 0 Å². The molecule has 0 bridgehead atoms. The Morgan fingerprint density at radius 1 is 0.971 bits per heavy atom. The quantitative estimate of drug-likeness (QED) is 0.188. The number of nitrogens with one attached hydrogen (secondary N) is 1. The van der Waals surface area contributed by atoms with E-state index in [2.05, 4.69) is 11.6 Å². The molecule has 0 spiro atoms. The van der Waals surface area contributed by atoms with Crippen molar-refractivity contribution >= 4 is 33.2 Å². The minimum absolute atomic E-state index is 0.123. The first-order valence-electron chi connectivity index (χ1n) is 13.4. The topological polar surface area (TPSA) is 104 Å². The average Bonchev–Trinajstić information content (AvgIpc) is 3.51. The number of nitrogens with zero attached hydrogens (tertiary/aromatic N) is 1. The molecule has 7 nitrogen and oxygen atoms in total. The Balaban J connectivity index is 1.83. The molecule has 1 aromatic rings. The van der Waals surface area contributed by atoms with Gasteiger partial charge in [0.05, 0.1) is 6.54 Å².